The molecule has 4 N–H and O–H groups in total. The highest BCUT2D eigenvalue weighted by molar-refractivity contribution is 7.87. The van der Waals surface area contributed by atoms with Crippen LogP contribution in [-0.4, -0.2) is 114 Å². The molecule has 2 saturated heterocycles. The molecule has 2 heterocycles. The SMILES string of the molecule is C=CC1CC1(NC(=O)C1CC2(CN1C(=O)C(NC(=O)C(NC(=O)C1CCCCN1C(C)C)C1CCCCC1)C(C)(C)C)C(C)(C)C21CCC1)C(=O)NS(=O)(=O)N(C)C1CCC1. The molecule has 7 aliphatic rings. The molecule has 5 aliphatic carbocycles. The Kier molecular flexibility index (Phi) is 12.4. The van der Waals surface area contributed by atoms with Crippen LogP contribution in [0.5, 0.6) is 0 Å². The van der Waals surface area contributed by atoms with E-state index in [4.69, 9.17) is 0 Å². The van der Waals surface area contributed by atoms with E-state index >= 15 is 4.79 Å². The van der Waals surface area contributed by atoms with E-state index in [2.05, 4.69) is 59.8 Å². The van der Waals surface area contributed by atoms with Crippen molar-refractivity contribution in [1.82, 2.24) is 34.8 Å². The fourth-order valence-electron chi connectivity index (χ4n) is 12.6. The molecule has 7 atom stereocenters. The topological polar surface area (TPSA) is 177 Å². The van der Waals surface area contributed by atoms with Crippen LogP contribution in [0.3, 0.4) is 0 Å². The number of hydrogen-bond donors (Lipinski definition) is 4. The van der Waals surface area contributed by atoms with E-state index in [9.17, 15) is 27.6 Å². The van der Waals surface area contributed by atoms with Gasteiger partial charge in [0.2, 0.25) is 23.6 Å². The summed E-state index contributed by atoms with van der Waals surface area (Å²) in [7, 11) is -2.71. The van der Waals surface area contributed by atoms with E-state index in [0.29, 0.717) is 13.0 Å². The highest BCUT2D eigenvalue weighted by Crippen LogP contribution is 2.88. The van der Waals surface area contributed by atoms with Gasteiger partial charge >= 0.3 is 10.2 Å². The van der Waals surface area contributed by atoms with E-state index in [1.807, 2.05) is 20.8 Å². The van der Waals surface area contributed by atoms with Crippen molar-refractivity contribution in [3.05, 3.63) is 12.7 Å². The van der Waals surface area contributed by atoms with Crippen LogP contribution in [0.25, 0.3) is 0 Å². The maximum Gasteiger partial charge on any atom is 0.303 e. The van der Waals surface area contributed by atoms with Gasteiger partial charge in [0.25, 0.3) is 5.91 Å². The average molecular weight is 870 g/mol. The van der Waals surface area contributed by atoms with Crippen molar-refractivity contribution in [3.63, 3.8) is 0 Å². The van der Waals surface area contributed by atoms with Crippen LogP contribution >= 0.6 is 0 Å². The fraction of sp³-hybridized carbons (Fsp3) is 0.848. The molecule has 5 amide bonds. The quantitative estimate of drug-likeness (QED) is 0.184. The van der Waals surface area contributed by atoms with E-state index in [-0.39, 0.29) is 64.4 Å². The van der Waals surface area contributed by atoms with Crippen LogP contribution in [0, 0.1) is 33.5 Å². The number of piperidine rings is 1. The van der Waals surface area contributed by atoms with Gasteiger partial charge in [0, 0.05) is 37.0 Å². The number of carbonyl (C=O) groups is 5. The van der Waals surface area contributed by atoms with Crippen molar-refractivity contribution < 1.29 is 32.4 Å². The lowest BCUT2D eigenvalue weighted by molar-refractivity contribution is -0.145. The van der Waals surface area contributed by atoms with Crippen molar-refractivity contribution >= 4 is 39.7 Å². The lowest BCUT2D eigenvalue weighted by atomic mass is 9.73. The van der Waals surface area contributed by atoms with Crippen LogP contribution < -0.4 is 20.7 Å². The molecule has 2 spiro atoms. The van der Waals surface area contributed by atoms with Gasteiger partial charge in [-0.15, -0.1) is 6.58 Å². The third kappa shape index (κ3) is 7.86. The van der Waals surface area contributed by atoms with Crippen molar-refractivity contribution in [2.24, 2.45) is 33.5 Å². The number of carbonyl (C=O) groups excluding carboxylic acids is 5. The van der Waals surface area contributed by atoms with Gasteiger partial charge in [-0.1, -0.05) is 79.2 Å². The van der Waals surface area contributed by atoms with Crippen molar-refractivity contribution in [1.29, 1.82) is 0 Å². The molecule has 15 heteroatoms. The number of nitrogens with one attached hydrogen (secondary N) is 4. The Morgan fingerprint density at radius 3 is 2.00 bits per heavy atom. The van der Waals surface area contributed by atoms with E-state index < -0.39 is 57.0 Å². The Morgan fingerprint density at radius 1 is 0.820 bits per heavy atom. The zero-order valence-corrected chi connectivity index (χ0v) is 39.1. The summed E-state index contributed by atoms with van der Waals surface area (Å²) in [5.41, 5.74) is -2.82. The Balaban J connectivity index is 1.15. The van der Waals surface area contributed by atoms with Gasteiger partial charge < -0.3 is 20.9 Å². The van der Waals surface area contributed by atoms with E-state index in [1.165, 1.54) is 11.4 Å². The normalized spacial score (nSPS) is 32.1. The van der Waals surface area contributed by atoms with Crippen molar-refractivity contribution in [2.45, 2.75) is 193 Å². The zero-order chi connectivity index (χ0) is 44.5. The van der Waals surface area contributed by atoms with E-state index in [1.54, 1.807) is 11.0 Å². The Bertz CT molecular complexity index is 1870. The molecular formula is C46H75N7O7S. The predicted octanol–water partition coefficient (Wildman–Crippen LogP) is 4.55. The Morgan fingerprint density at radius 2 is 1.48 bits per heavy atom. The molecule has 61 heavy (non-hydrogen) atoms. The zero-order valence-electron chi connectivity index (χ0n) is 38.2. The summed E-state index contributed by atoms with van der Waals surface area (Å²) >= 11 is 0. The first-order chi connectivity index (χ1) is 28.6. The average Bonchev–Trinajstić information content (AvgIpc) is 3.89. The second-order valence-electron chi connectivity index (χ2n) is 21.9. The number of likely N-dealkylation sites (tertiary alicyclic amines) is 2. The minimum absolute atomic E-state index is 0.0220. The molecule has 2 aliphatic heterocycles. The number of rotatable bonds is 14. The third-order valence-corrected chi connectivity index (χ3v) is 18.7. The summed E-state index contributed by atoms with van der Waals surface area (Å²) in [6, 6.07) is -3.12. The van der Waals surface area contributed by atoms with Gasteiger partial charge in [0.15, 0.2) is 0 Å². The molecule has 342 valence electrons. The number of nitrogens with zero attached hydrogens (tertiary/aromatic N) is 3. The third-order valence-electron chi connectivity index (χ3n) is 17.2. The monoisotopic (exact) mass is 870 g/mol. The summed E-state index contributed by atoms with van der Waals surface area (Å²) in [6.45, 7) is 19.4. The molecule has 0 bridgehead atoms. The lowest BCUT2D eigenvalue weighted by Gasteiger charge is -2.40. The molecule has 7 fully saturated rings. The smallest absolute Gasteiger partial charge is 0.303 e. The highest BCUT2D eigenvalue weighted by Gasteiger charge is 2.85. The first-order valence-electron chi connectivity index (χ1n) is 23.5. The lowest BCUT2D eigenvalue weighted by Crippen LogP contribution is -2.63. The van der Waals surface area contributed by atoms with Crippen LogP contribution in [0.1, 0.15) is 151 Å². The number of hydrogen-bond acceptors (Lipinski definition) is 8. The molecule has 0 radical (unpaired) electrons. The Hall–Kier alpha value is -3.04. The fourth-order valence-corrected chi connectivity index (χ4v) is 13.8. The van der Waals surface area contributed by atoms with Gasteiger partial charge in [0.1, 0.15) is 23.7 Å². The van der Waals surface area contributed by atoms with Gasteiger partial charge in [-0.3, -0.25) is 28.9 Å². The summed E-state index contributed by atoms with van der Waals surface area (Å²) in [5.74, 6) is -2.79. The predicted molar refractivity (Wildman–Crippen MR) is 234 cm³/mol. The molecule has 5 saturated carbocycles. The Labute approximate surface area is 365 Å². The summed E-state index contributed by atoms with van der Waals surface area (Å²) in [5, 5.41) is 9.35. The largest absolute Gasteiger partial charge is 0.343 e. The molecule has 0 aromatic heterocycles. The van der Waals surface area contributed by atoms with Crippen LogP contribution in [-0.2, 0) is 34.2 Å². The van der Waals surface area contributed by atoms with Crippen LogP contribution in [0.2, 0.25) is 0 Å². The first kappa shape index (κ1) is 46.0. The maximum absolute atomic E-state index is 15.3. The van der Waals surface area contributed by atoms with Gasteiger partial charge in [-0.05, 0) is 107 Å². The highest BCUT2D eigenvalue weighted by atomic mass is 32.2. The van der Waals surface area contributed by atoms with E-state index in [0.717, 1.165) is 96.4 Å². The van der Waals surface area contributed by atoms with Crippen molar-refractivity contribution in [3.8, 4) is 0 Å². The number of amides is 5. The molecule has 0 aromatic rings. The molecule has 7 unspecified atom stereocenters. The van der Waals surface area contributed by atoms with Crippen LogP contribution in [0.4, 0.5) is 0 Å². The second kappa shape index (κ2) is 16.5. The molecular weight excluding hydrogens is 795 g/mol. The number of fused-ring (bicyclic) bond motifs is 1. The maximum atomic E-state index is 15.3. The standard InChI is InChI=1S/C46H75N7O7S/c1-10-31-26-46(31,41(58)50-61(59,60)51(9)32-20-16-21-32)49-38(55)34-27-45(43(7,8)44(45)23-17-24-44)28-53(34)40(57)36(42(4,5)6)48-39(56)35(30-18-12-11-13-19-30)47-37(54)33-22-14-15-25-52(33)29(2)3/h10,29-36H,1,11-28H2,2-9H3,(H,47,54)(H,48,56)(H,49,55)(H,50,58). The van der Waals surface area contributed by atoms with Gasteiger partial charge in [-0.25, -0.2) is 4.72 Å². The first-order valence-corrected chi connectivity index (χ1v) is 24.9. The van der Waals surface area contributed by atoms with Crippen molar-refractivity contribution in [2.75, 3.05) is 20.1 Å². The molecule has 0 aromatic carbocycles. The molecule has 7 rings (SSSR count). The second-order valence-corrected chi connectivity index (χ2v) is 23.6. The summed E-state index contributed by atoms with van der Waals surface area (Å²) < 4.78 is 30.1. The van der Waals surface area contributed by atoms with Gasteiger partial charge in [-0.2, -0.15) is 12.7 Å². The molecule has 14 nitrogen and oxygen atoms in total. The van der Waals surface area contributed by atoms with Gasteiger partial charge in [0.05, 0.1) is 6.04 Å². The minimum atomic E-state index is -4.17. The minimum Gasteiger partial charge on any atom is -0.343 e. The summed E-state index contributed by atoms with van der Waals surface area (Å²) in [6.07, 6.45) is 14.9. The summed E-state index contributed by atoms with van der Waals surface area (Å²) in [4.78, 5) is 76.8. The van der Waals surface area contributed by atoms with Crippen LogP contribution in [0.15, 0.2) is 12.7 Å².